The van der Waals surface area contributed by atoms with Gasteiger partial charge in [0.15, 0.2) is 0 Å². The summed E-state index contributed by atoms with van der Waals surface area (Å²) in [6.07, 6.45) is 2.54. The summed E-state index contributed by atoms with van der Waals surface area (Å²) in [6.45, 7) is 10.8. The molecule has 0 unspecified atom stereocenters. The van der Waals surface area contributed by atoms with E-state index < -0.39 is 0 Å². The third kappa shape index (κ3) is 4.36. The Morgan fingerprint density at radius 2 is 2.00 bits per heavy atom. The van der Waals surface area contributed by atoms with Crippen molar-refractivity contribution in [1.82, 2.24) is 9.80 Å². The zero-order chi connectivity index (χ0) is 17.5. The molecule has 1 amide bonds. The number of amides is 1. The van der Waals surface area contributed by atoms with E-state index in [2.05, 4.69) is 29.0 Å². The minimum Gasteiger partial charge on any atom is -0.374 e. The Bertz CT molecular complexity index is 652. The molecule has 1 aliphatic rings. The Balaban J connectivity index is 2.10. The van der Waals surface area contributed by atoms with Gasteiger partial charge in [0.25, 0.3) is 5.91 Å². The Morgan fingerprint density at radius 1 is 1.29 bits per heavy atom. The van der Waals surface area contributed by atoms with Crippen LogP contribution in [-0.4, -0.2) is 48.4 Å². The van der Waals surface area contributed by atoms with Gasteiger partial charge in [0, 0.05) is 38.1 Å². The second-order valence-electron chi connectivity index (χ2n) is 6.04. The molecule has 24 heavy (non-hydrogen) atoms. The SMILES string of the molecule is CCc1cccc(C)c1NC(=O)/C(C#N)=C\N1CCN(CC)CC1. The first kappa shape index (κ1) is 18.0. The second-order valence-corrected chi connectivity index (χ2v) is 6.04. The summed E-state index contributed by atoms with van der Waals surface area (Å²) in [5.41, 5.74) is 3.07. The minimum atomic E-state index is -0.334. The number of hydrogen-bond donors (Lipinski definition) is 1. The molecule has 2 rings (SSSR count). The molecule has 0 radical (unpaired) electrons. The average Bonchev–Trinajstić information content (AvgIpc) is 2.61. The van der Waals surface area contributed by atoms with Crippen molar-refractivity contribution in [3.05, 3.63) is 41.1 Å². The fourth-order valence-electron chi connectivity index (χ4n) is 2.91. The van der Waals surface area contributed by atoms with E-state index in [1.165, 1.54) is 0 Å². The van der Waals surface area contributed by atoms with E-state index in [1.807, 2.05) is 31.2 Å². The van der Waals surface area contributed by atoms with E-state index in [0.717, 1.165) is 56.0 Å². The maximum atomic E-state index is 12.5. The van der Waals surface area contributed by atoms with Crippen LogP contribution in [-0.2, 0) is 11.2 Å². The number of hydrogen-bond acceptors (Lipinski definition) is 4. The Kier molecular flexibility index (Phi) is 6.39. The van der Waals surface area contributed by atoms with E-state index in [1.54, 1.807) is 6.20 Å². The Morgan fingerprint density at radius 3 is 2.58 bits per heavy atom. The number of carbonyl (C=O) groups is 1. The zero-order valence-electron chi connectivity index (χ0n) is 14.8. The van der Waals surface area contributed by atoms with E-state index in [9.17, 15) is 10.1 Å². The van der Waals surface area contributed by atoms with Crippen molar-refractivity contribution in [3.63, 3.8) is 0 Å². The number of nitriles is 1. The van der Waals surface area contributed by atoms with Crippen molar-refractivity contribution in [1.29, 1.82) is 5.26 Å². The van der Waals surface area contributed by atoms with Crippen LogP contribution in [0.1, 0.15) is 25.0 Å². The summed E-state index contributed by atoms with van der Waals surface area (Å²) in [4.78, 5) is 16.9. The number of nitrogens with zero attached hydrogens (tertiary/aromatic N) is 3. The summed E-state index contributed by atoms with van der Waals surface area (Å²) in [7, 11) is 0. The maximum absolute atomic E-state index is 12.5. The summed E-state index contributed by atoms with van der Waals surface area (Å²) in [5.74, 6) is -0.334. The molecule has 1 aromatic rings. The highest BCUT2D eigenvalue weighted by atomic mass is 16.1. The van der Waals surface area contributed by atoms with Gasteiger partial charge in [-0.2, -0.15) is 5.26 Å². The van der Waals surface area contributed by atoms with Gasteiger partial charge in [0.1, 0.15) is 11.6 Å². The number of aryl methyl sites for hydroxylation is 2. The normalized spacial score (nSPS) is 15.9. The lowest BCUT2D eigenvalue weighted by atomic mass is 10.1. The van der Waals surface area contributed by atoms with Gasteiger partial charge in [-0.15, -0.1) is 0 Å². The topological polar surface area (TPSA) is 59.4 Å². The molecule has 0 atom stereocenters. The van der Waals surface area contributed by atoms with Crippen molar-refractivity contribution in [2.75, 3.05) is 38.0 Å². The molecule has 0 bridgehead atoms. The second kappa shape index (κ2) is 8.51. The summed E-state index contributed by atoms with van der Waals surface area (Å²) in [5, 5.41) is 12.3. The maximum Gasteiger partial charge on any atom is 0.267 e. The molecule has 1 saturated heterocycles. The van der Waals surface area contributed by atoms with Gasteiger partial charge < -0.3 is 15.1 Å². The highest BCUT2D eigenvalue weighted by Gasteiger charge is 2.17. The first-order chi connectivity index (χ1) is 11.6. The third-order valence-corrected chi connectivity index (χ3v) is 4.51. The summed E-state index contributed by atoms with van der Waals surface area (Å²) < 4.78 is 0. The van der Waals surface area contributed by atoms with E-state index in [4.69, 9.17) is 0 Å². The quantitative estimate of drug-likeness (QED) is 0.667. The molecule has 1 fully saturated rings. The standard InChI is InChI=1S/C19H26N4O/c1-4-16-8-6-7-15(3)18(16)21-19(24)17(13-20)14-23-11-9-22(5-2)10-12-23/h6-8,14H,4-5,9-12H2,1-3H3,(H,21,24)/b17-14-. The fourth-order valence-corrected chi connectivity index (χ4v) is 2.91. The van der Waals surface area contributed by atoms with Crippen LogP contribution in [0.25, 0.3) is 0 Å². The van der Waals surface area contributed by atoms with Gasteiger partial charge in [0.2, 0.25) is 0 Å². The number of anilines is 1. The van der Waals surface area contributed by atoms with Gasteiger partial charge in [-0.3, -0.25) is 4.79 Å². The molecule has 5 heteroatoms. The highest BCUT2D eigenvalue weighted by Crippen LogP contribution is 2.21. The van der Waals surface area contributed by atoms with Crippen molar-refractivity contribution < 1.29 is 4.79 Å². The van der Waals surface area contributed by atoms with Gasteiger partial charge in [0.05, 0.1) is 0 Å². The van der Waals surface area contributed by atoms with Gasteiger partial charge in [-0.05, 0) is 31.0 Å². The van der Waals surface area contributed by atoms with Crippen LogP contribution in [0.4, 0.5) is 5.69 Å². The van der Waals surface area contributed by atoms with Gasteiger partial charge in [-0.1, -0.05) is 32.0 Å². The Hall–Kier alpha value is -2.32. The lowest BCUT2D eigenvalue weighted by molar-refractivity contribution is -0.112. The Labute approximate surface area is 144 Å². The molecular formula is C19H26N4O. The van der Waals surface area contributed by atoms with Gasteiger partial charge in [-0.25, -0.2) is 0 Å². The smallest absolute Gasteiger partial charge is 0.267 e. The van der Waals surface area contributed by atoms with E-state index in [-0.39, 0.29) is 11.5 Å². The number of rotatable bonds is 5. The molecule has 1 aromatic carbocycles. The molecule has 0 saturated carbocycles. The zero-order valence-corrected chi connectivity index (χ0v) is 14.8. The summed E-state index contributed by atoms with van der Waals surface area (Å²) in [6, 6.07) is 8.00. The number of likely N-dealkylation sites (N-methyl/N-ethyl adjacent to an activating group) is 1. The lowest BCUT2D eigenvalue weighted by Gasteiger charge is -2.33. The highest BCUT2D eigenvalue weighted by molar-refractivity contribution is 6.07. The summed E-state index contributed by atoms with van der Waals surface area (Å²) >= 11 is 0. The number of benzene rings is 1. The molecule has 1 aliphatic heterocycles. The van der Waals surface area contributed by atoms with Crippen LogP contribution in [0.5, 0.6) is 0 Å². The number of para-hydroxylation sites is 1. The fraction of sp³-hybridized carbons (Fsp3) is 0.474. The first-order valence-corrected chi connectivity index (χ1v) is 8.57. The molecule has 0 spiro atoms. The van der Waals surface area contributed by atoms with Gasteiger partial charge >= 0.3 is 0 Å². The van der Waals surface area contributed by atoms with E-state index in [0.29, 0.717) is 0 Å². The third-order valence-electron chi connectivity index (χ3n) is 4.51. The van der Waals surface area contributed by atoms with Crippen molar-refractivity contribution in [2.24, 2.45) is 0 Å². The number of piperazine rings is 1. The lowest BCUT2D eigenvalue weighted by Crippen LogP contribution is -2.44. The molecule has 0 aliphatic carbocycles. The van der Waals surface area contributed by atoms with Crippen LogP contribution >= 0.6 is 0 Å². The van der Waals surface area contributed by atoms with Crippen LogP contribution in [0.2, 0.25) is 0 Å². The van der Waals surface area contributed by atoms with Crippen molar-refractivity contribution in [3.8, 4) is 6.07 Å². The van der Waals surface area contributed by atoms with Crippen molar-refractivity contribution >= 4 is 11.6 Å². The molecular weight excluding hydrogens is 300 g/mol. The van der Waals surface area contributed by atoms with Crippen molar-refractivity contribution in [2.45, 2.75) is 27.2 Å². The van der Waals surface area contributed by atoms with Crippen LogP contribution < -0.4 is 5.32 Å². The predicted molar refractivity (Wildman–Crippen MR) is 96.6 cm³/mol. The molecule has 5 nitrogen and oxygen atoms in total. The monoisotopic (exact) mass is 326 g/mol. The minimum absolute atomic E-state index is 0.158. The average molecular weight is 326 g/mol. The first-order valence-electron chi connectivity index (χ1n) is 8.57. The predicted octanol–water partition coefficient (Wildman–Crippen LogP) is 2.54. The van der Waals surface area contributed by atoms with Crippen LogP contribution in [0.3, 0.4) is 0 Å². The molecule has 1 N–H and O–H groups in total. The molecule has 128 valence electrons. The number of nitrogens with one attached hydrogen (secondary N) is 1. The largest absolute Gasteiger partial charge is 0.374 e. The van der Waals surface area contributed by atoms with Crippen LogP contribution in [0, 0.1) is 18.3 Å². The number of carbonyl (C=O) groups excluding carboxylic acids is 1. The van der Waals surface area contributed by atoms with E-state index >= 15 is 0 Å². The van der Waals surface area contributed by atoms with Crippen LogP contribution in [0.15, 0.2) is 30.0 Å². The molecule has 1 heterocycles. The molecule has 0 aromatic heterocycles.